The molecule has 0 bridgehead atoms. The first-order valence-electron chi connectivity index (χ1n) is 8.88. The molecule has 1 fully saturated rings. The second-order valence-corrected chi connectivity index (χ2v) is 9.32. The van der Waals surface area contributed by atoms with Crippen molar-refractivity contribution in [2.75, 3.05) is 16.2 Å². The Hall–Kier alpha value is -2.71. The number of benzene rings is 2. The van der Waals surface area contributed by atoms with Gasteiger partial charge in [0, 0.05) is 35.3 Å². The van der Waals surface area contributed by atoms with Gasteiger partial charge in [0.15, 0.2) is 0 Å². The monoisotopic (exact) mass is 413 g/mol. The molecule has 0 radical (unpaired) electrons. The molecular weight excluding hydrogens is 394 g/mol. The third-order valence-corrected chi connectivity index (χ3v) is 6.75. The molecule has 1 saturated heterocycles. The third kappa shape index (κ3) is 3.79. The van der Waals surface area contributed by atoms with E-state index in [1.54, 1.807) is 40.5 Å². The first-order chi connectivity index (χ1) is 13.4. The average molecular weight is 414 g/mol. The molecule has 0 unspecified atom stereocenters. The number of amides is 1. The van der Waals surface area contributed by atoms with E-state index in [1.165, 1.54) is 12.1 Å². The van der Waals surface area contributed by atoms with Crippen LogP contribution in [0.1, 0.15) is 17.8 Å². The van der Waals surface area contributed by atoms with Crippen LogP contribution in [-0.2, 0) is 14.8 Å². The molecule has 1 aromatic heterocycles. The van der Waals surface area contributed by atoms with Crippen LogP contribution in [0.3, 0.4) is 0 Å². The molecule has 3 aromatic rings. The fourth-order valence-electron chi connectivity index (χ4n) is 3.15. The zero-order chi connectivity index (χ0) is 19.7. The zero-order valence-electron chi connectivity index (χ0n) is 15.3. The summed E-state index contributed by atoms with van der Waals surface area (Å²) in [7, 11) is -3.71. The molecule has 0 atom stereocenters. The van der Waals surface area contributed by atoms with Crippen LogP contribution >= 0.6 is 11.3 Å². The van der Waals surface area contributed by atoms with Gasteiger partial charge >= 0.3 is 0 Å². The van der Waals surface area contributed by atoms with Gasteiger partial charge < -0.3 is 4.90 Å². The smallest absolute Gasteiger partial charge is 0.261 e. The summed E-state index contributed by atoms with van der Waals surface area (Å²) in [6.07, 6.45) is 1.37. The van der Waals surface area contributed by atoms with Gasteiger partial charge in [-0.3, -0.25) is 9.52 Å². The summed E-state index contributed by atoms with van der Waals surface area (Å²) in [5.74, 6) is 0.0733. The van der Waals surface area contributed by atoms with Gasteiger partial charge in [-0.15, -0.1) is 11.3 Å². The first-order valence-corrected chi connectivity index (χ1v) is 11.2. The quantitative estimate of drug-likeness (QED) is 0.684. The standard InChI is InChI=1S/C20H19N3O3S2/c1-14-21-19(13-27-14)15-4-6-16(7-5-15)22-28(25,26)18-10-8-17(9-11-18)23-12-2-3-20(23)24/h4-11,13,22H,2-3,12H2,1H3. The van der Waals surface area contributed by atoms with E-state index in [-0.39, 0.29) is 10.8 Å². The normalized spacial score (nSPS) is 14.5. The fraction of sp³-hybridized carbons (Fsp3) is 0.200. The Kier molecular flexibility index (Phi) is 4.91. The van der Waals surface area contributed by atoms with Crippen LogP contribution in [0.25, 0.3) is 11.3 Å². The van der Waals surface area contributed by atoms with Crippen LogP contribution < -0.4 is 9.62 Å². The van der Waals surface area contributed by atoms with E-state index in [0.717, 1.165) is 28.4 Å². The van der Waals surface area contributed by atoms with Gasteiger partial charge in [-0.2, -0.15) is 0 Å². The Balaban J connectivity index is 1.50. The second kappa shape index (κ2) is 7.37. The summed E-state index contributed by atoms with van der Waals surface area (Å²) >= 11 is 1.57. The molecule has 1 N–H and O–H groups in total. The number of carbonyl (C=O) groups is 1. The highest BCUT2D eigenvalue weighted by Gasteiger charge is 2.22. The molecule has 0 saturated carbocycles. The van der Waals surface area contributed by atoms with Crippen molar-refractivity contribution in [2.24, 2.45) is 0 Å². The Morgan fingerprint density at radius 1 is 1.07 bits per heavy atom. The zero-order valence-corrected chi connectivity index (χ0v) is 16.9. The number of nitrogens with zero attached hydrogens (tertiary/aromatic N) is 2. The molecule has 8 heteroatoms. The van der Waals surface area contributed by atoms with E-state index in [0.29, 0.717) is 18.7 Å². The topological polar surface area (TPSA) is 79.4 Å². The van der Waals surface area contributed by atoms with Crippen molar-refractivity contribution in [1.82, 2.24) is 4.98 Å². The van der Waals surface area contributed by atoms with E-state index in [1.807, 2.05) is 24.4 Å². The lowest BCUT2D eigenvalue weighted by atomic mass is 10.1. The highest BCUT2D eigenvalue weighted by molar-refractivity contribution is 7.92. The Bertz CT molecular complexity index is 1100. The van der Waals surface area contributed by atoms with Crippen molar-refractivity contribution in [3.8, 4) is 11.3 Å². The predicted molar refractivity (Wildman–Crippen MR) is 111 cm³/mol. The number of thiazole rings is 1. The van der Waals surface area contributed by atoms with E-state index >= 15 is 0 Å². The first kappa shape index (κ1) is 18.6. The van der Waals surface area contributed by atoms with E-state index in [2.05, 4.69) is 9.71 Å². The molecular formula is C20H19N3O3S2. The maximum absolute atomic E-state index is 12.7. The van der Waals surface area contributed by atoms with Crippen molar-refractivity contribution in [3.63, 3.8) is 0 Å². The number of nitrogens with one attached hydrogen (secondary N) is 1. The van der Waals surface area contributed by atoms with E-state index in [4.69, 9.17) is 0 Å². The number of hydrogen-bond acceptors (Lipinski definition) is 5. The Labute approximate surface area is 167 Å². The van der Waals surface area contributed by atoms with E-state index < -0.39 is 10.0 Å². The highest BCUT2D eigenvalue weighted by Crippen LogP contribution is 2.26. The lowest BCUT2D eigenvalue weighted by molar-refractivity contribution is -0.117. The van der Waals surface area contributed by atoms with Gasteiger partial charge in [0.1, 0.15) is 0 Å². The van der Waals surface area contributed by atoms with Crippen LogP contribution in [0.15, 0.2) is 58.8 Å². The van der Waals surface area contributed by atoms with Crippen LogP contribution in [0.2, 0.25) is 0 Å². The molecule has 1 aliphatic heterocycles. The number of aromatic nitrogens is 1. The van der Waals surface area contributed by atoms with Gasteiger partial charge in [0.25, 0.3) is 10.0 Å². The molecule has 1 aliphatic rings. The number of hydrogen-bond donors (Lipinski definition) is 1. The van der Waals surface area contributed by atoms with Gasteiger partial charge in [0.2, 0.25) is 5.91 Å². The maximum atomic E-state index is 12.7. The SMILES string of the molecule is Cc1nc(-c2ccc(NS(=O)(=O)c3ccc(N4CCCC4=O)cc3)cc2)cs1. The summed E-state index contributed by atoms with van der Waals surface area (Å²) in [5.41, 5.74) is 3.02. The largest absolute Gasteiger partial charge is 0.312 e. The van der Waals surface area contributed by atoms with Crippen molar-refractivity contribution < 1.29 is 13.2 Å². The number of carbonyl (C=O) groups excluding carboxylic acids is 1. The minimum atomic E-state index is -3.71. The molecule has 2 heterocycles. The average Bonchev–Trinajstić information content (AvgIpc) is 3.30. The molecule has 144 valence electrons. The van der Waals surface area contributed by atoms with E-state index in [9.17, 15) is 13.2 Å². The minimum Gasteiger partial charge on any atom is -0.312 e. The van der Waals surface area contributed by atoms with Crippen molar-refractivity contribution in [1.29, 1.82) is 0 Å². The lowest BCUT2D eigenvalue weighted by Crippen LogP contribution is -2.23. The fourth-order valence-corrected chi connectivity index (χ4v) is 4.83. The number of rotatable bonds is 5. The molecule has 28 heavy (non-hydrogen) atoms. The lowest BCUT2D eigenvalue weighted by Gasteiger charge is -2.16. The highest BCUT2D eigenvalue weighted by atomic mass is 32.2. The van der Waals surface area contributed by atoms with Crippen molar-refractivity contribution in [2.45, 2.75) is 24.7 Å². The van der Waals surface area contributed by atoms with Crippen LogP contribution in [0.4, 0.5) is 11.4 Å². The van der Waals surface area contributed by atoms with Crippen molar-refractivity contribution >= 4 is 38.6 Å². The van der Waals surface area contributed by atoms with Crippen molar-refractivity contribution in [3.05, 3.63) is 58.9 Å². The van der Waals surface area contributed by atoms with Gasteiger partial charge in [-0.1, -0.05) is 12.1 Å². The van der Waals surface area contributed by atoms with Gasteiger partial charge in [0.05, 0.1) is 15.6 Å². The molecule has 1 amide bonds. The summed E-state index contributed by atoms with van der Waals surface area (Å²) in [6.45, 7) is 2.62. The number of anilines is 2. The summed E-state index contributed by atoms with van der Waals surface area (Å²) in [5, 5.41) is 2.96. The molecule has 6 nitrogen and oxygen atoms in total. The Morgan fingerprint density at radius 3 is 2.36 bits per heavy atom. The third-order valence-electron chi connectivity index (χ3n) is 4.58. The predicted octanol–water partition coefficient (Wildman–Crippen LogP) is 4.05. The minimum absolute atomic E-state index is 0.0733. The molecule has 0 spiro atoms. The molecule has 2 aromatic carbocycles. The number of aryl methyl sites for hydroxylation is 1. The molecule has 4 rings (SSSR count). The van der Waals surface area contributed by atoms with Crippen LogP contribution in [0.5, 0.6) is 0 Å². The maximum Gasteiger partial charge on any atom is 0.261 e. The van der Waals surface area contributed by atoms with Gasteiger partial charge in [-0.25, -0.2) is 13.4 Å². The van der Waals surface area contributed by atoms with Crippen LogP contribution in [-0.4, -0.2) is 25.9 Å². The Morgan fingerprint density at radius 2 is 1.79 bits per heavy atom. The second-order valence-electron chi connectivity index (χ2n) is 6.58. The number of sulfonamides is 1. The summed E-state index contributed by atoms with van der Waals surface area (Å²) in [6, 6.07) is 13.5. The summed E-state index contributed by atoms with van der Waals surface area (Å²) < 4.78 is 27.9. The van der Waals surface area contributed by atoms with Gasteiger partial charge in [-0.05, 0) is 49.7 Å². The van der Waals surface area contributed by atoms with Crippen LogP contribution in [0, 0.1) is 6.92 Å². The summed E-state index contributed by atoms with van der Waals surface area (Å²) in [4.78, 5) is 18.1. The molecule has 0 aliphatic carbocycles.